The lowest BCUT2D eigenvalue weighted by Gasteiger charge is -2.36. The summed E-state index contributed by atoms with van der Waals surface area (Å²) in [4.78, 5) is 50.7. The van der Waals surface area contributed by atoms with Crippen molar-refractivity contribution in [3.05, 3.63) is 140 Å². The van der Waals surface area contributed by atoms with E-state index in [0.717, 1.165) is 92.4 Å². The monoisotopic (exact) mass is 656 g/mol. The summed E-state index contributed by atoms with van der Waals surface area (Å²) in [7, 11) is 0. The van der Waals surface area contributed by atoms with E-state index in [9.17, 15) is 19.2 Å². The maximum atomic E-state index is 12.7. The third-order valence-electron chi connectivity index (χ3n) is 9.97. The van der Waals surface area contributed by atoms with Gasteiger partial charge in [0.05, 0.1) is 0 Å². The van der Waals surface area contributed by atoms with Crippen LogP contribution in [0.25, 0.3) is 0 Å². The van der Waals surface area contributed by atoms with Crippen molar-refractivity contribution in [2.24, 2.45) is 5.41 Å². The topological polar surface area (TPSA) is 68.3 Å². The predicted octanol–water partition coefficient (Wildman–Crippen LogP) is 10.5. The molecule has 0 saturated carbocycles. The fraction of sp³-hybridized carbons (Fsp3) is 0.378. The Kier molecular flexibility index (Phi) is 12.4. The first-order valence-corrected chi connectivity index (χ1v) is 17.8. The number of hydrogen-bond donors (Lipinski definition) is 0. The Bertz CT molecular complexity index is 1600. The molecule has 0 spiro atoms. The minimum absolute atomic E-state index is 0.141. The fourth-order valence-electron chi connectivity index (χ4n) is 7.46. The minimum Gasteiger partial charge on any atom is -0.294 e. The number of carbonyl (C=O) groups is 4. The van der Waals surface area contributed by atoms with Crippen LogP contribution in [0, 0.1) is 33.1 Å². The van der Waals surface area contributed by atoms with Gasteiger partial charge in [0.25, 0.3) is 0 Å². The Morgan fingerprint density at radius 1 is 0.388 bits per heavy atom. The maximum absolute atomic E-state index is 12.7. The molecule has 256 valence electrons. The van der Waals surface area contributed by atoms with Crippen LogP contribution >= 0.6 is 0 Å². The Morgan fingerprint density at radius 2 is 0.592 bits per heavy atom. The highest BCUT2D eigenvalue weighted by Crippen LogP contribution is 2.38. The van der Waals surface area contributed by atoms with E-state index in [-0.39, 0.29) is 28.5 Å². The van der Waals surface area contributed by atoms with Crippen molar-refractivity contribution < 1.29 is 19.2 Å². The van der Waals surface area contributed by atoms with Gasteiger partial charge in [-0.15, -0.1) is 0 Å². The molecule has 0 atom stereocenters. The standard InChI is InChI=1S/C45H52O4/c1-9-41(46)37-17-13-33(21-29(37)5)25-45(26-34-14-18-38(30(6)22-34)42(47)10-2,27-35-15-19-39(31(7)23-35)43(48)11-3)28-36-16-20-40(32(8)24-36)44(49)12-4/h13-24H,9-12,25-28H2,1-8H3. The number of rotatable bonds is 16. The molecule has 0 N–H and O–H groups in total. The molecule has 4 rings (SSSR count). The van der Waals surface area contributed by atoms with Gasteiger partial charge in [0.1, 0.15) is 0 Å². The minimum atomic E-state index is -0.323. The van der Waals surface area contributed by atoms with Crippen molar-refractivity contribution in [1.82, 2.24) is 0 Å². The molecule has 4 aromatic carbocycles. The van der Waals surface area contributed by atoms with Gasteiger partial charge in [0.15, 0.2) is 23.1 Å². The summed E-state index contributed by atoms with van der Waals surface area (Å²) in [5.74, 6) is 0.563. The molecule has 4 nitrogen and oxygen atoms in total. The highest BCUT2D eigenvalue weighted by molar-refractivity contribution is 5.98. The van der Waals surface area contributed by atoms with E-state index < -0.39 is 0 Å². The van der Waals surface area contributed by atoms with Crippen molar-refractivity contribution in [3.63, 3.8) is 0 Å². The Hall–Kier alpha value is -4.44. The number of ketones is 4. The average Bonchev–Trinajstić information content (AvgIpc) is 3.07. The lowest BCUT2D eigenvalue weighted by Crippen LogP contribution is -2.32. The average molecular weight is 657 g/mol. The third kappa shape index (κ3) is 8.97. The molecule has 0 fully saturated rings. The summed E-state index contributed by atoms with van der Waals surface area (Å²) in [5, 5.41) is 0. The van der Waals surface area contributed by atoms with Crippen molar-refractivity contribution >= 4 is 23.1 Å². The molecule has 0 aliphatic rings. The first-order chi connectivity index (χ1) is 23.3. The highest BCUT2D eigenvalue weighted by atomic mass is 16.1. The lowest BCUT2D eigenvalue weighted by molar-refractivity contribution is 0.0979. The van der Waals surface area contributed by atoms with Gasteiger partial charge in [-0.25, -0.2) is 0 Å². The van der Waals surface area contributed by atoms with Crippen LogP contribution in [0.2, 0.25) is 0 Å². The van der Waals surface area contributed by atoms with Crippen LogP contribution in [0.15, 0.2) is 72.8 Å². The molecule has 0 radical (unpaired) electrons. The van der Waals surface area contributed by atoms with Gasteiger partial charge in [-0.05, 0) is 103 Å². The zero-order valence-electron chi connectivity index (χ0n) is 30.7. The molecule has 0 aromatic heterocycles. The summed E-state index contributed by atoms with van der Waals surface area (Å²) in [6.07, 6.45) is 4.83. The van der Waals surface area contributed by atoms with Crippen molar-refractivity contribution in [3.8, 4) is 0 Å². The van der Waals surface area contributed by atoms with Crippen LogP contribution in [0.5, 0.6) is 0 Å². The van der Waals surface area contributed by atoms with Crippen molar-refractivity contribution in [1.29, 1.82) is 0 Å². The number of carbonyl (C=O) groups excluding carboxylic acids is 4. The number of benzene rings is 4. The molecule has 0 unspecified atom stereocenters. The van der Waals surface area contributed by atoms with Gasteiger partial charge in [0.2, 0.25) is 0 Å². The molecule has 0 heterocycles. The van der Waals surface area contributed by atoms with Crippen LogP contribution < -0.4 is 0 Å². The van der Waals surface area contributed by atoms with Crippen molar-refractivity contribution in [2.45, 2.75) is 107 Å². The van der Waals surface area contributed by atoms with E-state index in [4.69, 9.17) is 0 Å². The summed E-state index contributed by atoms with van der Waals surface area (Å²) >= 11 is 0. The van der Waals surface area contributed by atoms with Crippen molar-refractivity contribution in [2.75, 3.05) is 0 Å². The Balaban J connectivity index is 1.90. The Morgan fingerprint density at radius 3 is 0.755 bits per heavy atom. The SMILES string of the molecule is CCC(=O)c1ccc(CC(Cc2ccc(C(=O)CC)c(C)c2)(Cc2ccc(C(=O)CC)c(C)c2)Cc2ccc(C(=O)CC)c(C)c2)cc1C. The van der Waals surface area contributed by atoms with Gasteiger partial charge in [-0.3, -0.25) is 19.2 Å². The highest BCUT2D eigenvalue weighted by Gasteiger charge is 2.33. The smallest absolute Gasteiger partial charge is 0.162 e. The Labute approximate surface area is 293 Å². The van der Waals surface area contributed by atoms with Gasteiger partial charge in [0, 0.05) is 47.9 Å². The maximum Gasteiger partial charge on any atom is 0.162 e. The second-order valence-electron chi connectivity index (χ2n) is 13.9. The second kappa shape index (κ2) is 16.3. The zero-order valence-corrected chi connectivity index (χ0v) is 30.7. The van der Waals surface area contributed by atoms with E-state index >= 15 is 0 Å². The molecule has 0 bridgehead atoms. The van der Waals surface area contributed by atoms with Crippen LogP contribution in [0.3, 0.4) is 0 Å². The van der Waals surface area contributed by atoms with Crippen LogP contribution in [-0.2, 0) is 25.7 Å². The molecule has 0 aliphatic carbocycles. The molecule has 49 heavy (non-hydrogen) atoms. The largest absolute Gasteiger partial charge is 0.294 e. The number of Topliss-reactive ketones (excluding diaryl/α,β-unsaturated/α-hetero) is 4. The molecular formula is C45H52O4. The summed E-state index contributed by atoms with van der Waals surface area (Å²) in [5.41, 5.74) is 11.3. The molecule has 0 amide bonds. The lowest BCUT2D eigenvalue weighted by atomic mass is 9.68. The van der Waals surface area contributed by atoms with Gasteiger partial charge in [-0.1, -0.05) is 100 Å². The van der Waals surface area contributed by atoms with Crippen LogP contribution in [0.1, 0.15) is 139 Å². The van der Waals surface area contributed by atoms with Crippen LogP contribution in [0.4, 0.5) is 0 Å². The van der Waals surface area contributed by atoms with E-state index in [1.54, 1.807) is 0 Å². The first kappa shape index (κ1) is 37.4. The van der Waals surface area contributed by atoms with E-state index in [0.29, 0.717) is 25.7 Å². The molecule has 0 saturated heterocycles. The third-order valence-corrected chi connectivity index (χ3v) is 9.97. The van der Waals surface area contributed by atoms with Gasteiger partial charge >= 0.3 is 0 Å². The fourth-order valence-corrected chi connectivity index (χ4v) is 7.46. The number of hydrogen-bond acceptors (Lipinski definition) is 4. The molecular weight excluding hydrogens is 604 g/mol. The van der Waals surface area contributed by atoms with Crippen LogP contribution in [-0.4, -0.2) is 23.1 Å². The summed E-state index contributed by atoms with van der Waals surface area (Å²) < 4.78 is 0. The summed E-state index contributed by atoms with van der Waals surface area (Å²) in [6.45, 7) is 15.6. The second-order valence-corrected chi connectivity index (χ2v) is 13.9. The normalized spacial score (nSPS) is 11.4. The quantitative estimate of drug-likeness (QED) is 0.113. The summed E-state index contributed by atoms with van der Waals surface area (Å²) in [6, 6.07) is 24.9. The molecule has 4 heteroatoms. The van der Waals surface area contributed by atoms with E-state index in [1.165, 1.54) is 0 Å². The number of aryl methyl sites for hydroxylation is 4. The first-order valence-electron chi connectivity index (χ1n) is 17.8. The van der Waals surface area contributed by atoms with Gasteiger partial charge < -0.3 is 0 Å². The van der Waals surface area contributed by atoms with E-state index in [1.807, 2.05) is 79.7 Å². The predicted molar refractivity (Wildman–Crippen MR) is 200 cm³/mol. The van der Waals surface area contributed by atoms with Gasteiger partial charge in [-0.2, -0.15) is 0 Å². The molecule has 4 aromatic rings. The van der Waals surface area contributed by atoms with E-state index in [2.05, 4.69) is 48.5 Å². The molecule has 0 aliphatic heterocycles. The zero-order chi connectivity index (χ0) is 35.9.